The van der Waals surface area contributed by atoms with Crippen LogP contribution in [0.2, 0.25) is 5.02 Å². The molecule has 0 radical (unpaired) electrons. The molecule has 1 N–H and O–H groups in total. The van der Waals surface area contributed by atoms with Crippen LogP contribution in [0.5, 0.6) is 0 Å². The molecule has 0 aliphatic rings. The molecular weight excluding hydrogens is 560 g/mol. The molecule has 0 bridgehead atoms. The van der Waals surface area contributed by atoms with E-state index in [-0.39, 0.29) is 19.1 Å². The van der Waals surface area contributed by atoms with Gasteiger partial charge < -0.3 is 10.1 Å². The molecule has 11 heteroatoms. The van der Waals surface area contributed by atoms with Crippen LogP contribution in [0.1, 0.15) is 23.0 Å². The first kappa shape index (κ1) is 28.0. The normalized spacial score (nSPS) is 10.8. The summed E-state index contributed by atoms with van der Waals surface area (Å²) in [5, 5.41) is 21.0. The van der Waals surface area contributed by atoms with Gasteiger partial charge in [0.25, 0.3) is 0 Å². The van der Waals surface area contributed by atoms with Crippen molar-refractivity contribution in [1.82, 2.24) is 25.2 Å². The maximum Gasteiger partial charge on any atom is 0.341 e. The zero-order valence-electron chi connectivity index (χ0n) is 22.0. The molecule has 5 rings (SSSR count). The Kier molecular flexibility index (Phi) is 9.02. The van der Waals surface area contributed by atoms with Crippen molar-refractivity contribution in [3.05, 3.63) is 107 Å². The number of halogens is 1. The van der Waals surface area contributed by atoms with Gasteiger partial charge in [0.2, 0.25) is 5.91 Å². The van der Waals surface area contributed by atoms with Gasteiger partial charge in [0.05, 0.1) is 12.3 Å². The van der Waals surface area contributed by atoms with Crippen LogP contribution < -0.4 is 5.32 Å². The molecule has 2 heterocycles. The highest BCUT2D eigenvalue weighted by Gasteiger charge is 2.26. The van der Waals surface area contributed by atoms with Crippen molar-refractivity contribution in [3.63, 3.8) is 0 Å². The van der Waals surface area contributed by atoms with E-state index in [0.717, 1.165) is 11.1 Å². The molecule has 0 unspecified atom stereocenters. The van der Waals surface area contributed by atoms with Crippen molar-refractivity contribution in [2.75, 3.05) is 11.9 Å². The summed E-state index contributed by atoms with van der Waals surface area (Å²) in [6.07, 6.45) is 1.68. The van der Waals surface area contributed by atoms with E-state index in [0.29, 0.717) is 44.0 Å². The Morgan fingerprint density at radius 2 is 1.66 bits per heavy atom. The van der Waals surface area contributed by atoms with E-state index in [9.17, 15) is 9.59 Å². The van der Waals surface area contributed by atoms with Gasteiger partial charge in [-0.3, -0.25) is 4.79 Å². The van der Waals surface area contributed by atoms with Crippen molar-refractivity contribution in [2.24, 2.45) is 0 Å². The van der Waals surface area contributed by atoms with Gasteiger partial charge in [-0.25, -0.2) is 9.48 Å². The lowest BCUT2D eigenvalue weighted by atomic mass is 9.96. The standard InChI is InChI=1S/C30H25ClN6O3S/c1-2-40-30(39)27-26(20-10-5-3-6-11-20)28(21-12-7-4-8-13-21)34-35-29(27)41-19-24-17-37(36-33-24)18-25(38)32-23-15-9-14-22(31)16-23/h3-17H,2,18-19H2,1H3,(H,32,38). The van der Waals surface area contributed by atoms with Gasteiger partial charge >= 0.3 is 5.97 Å². The summed E-state index contributed by atoms with van der Waals surface area (Å²) in [4.78, 5) is 25.8. The number of anilines is 1. The van der Waals surface area contributed by atoms with Gasteiger partial charge in [0, 0.05) is 33.8 Å². The van der Waals surface area contributed by atoms with E-state index in [1.165, 1.54) is 16.4 Å². The molecule has 0 saturated heterocycles. The predicted molar refractivity (Wildman–Crippen MR) is 159 cm³/mol. The molecule has 2 aromatic heterocycles. The number of carbonyl (C=O) groups is 2. The molecule has 9 nitrogen and oxygen atoms in total. The topological polar surface area (TPSA) is 112 Å². The fraction of sp³-hybridized carbons (Fsp3) is 0.133. The van der Waals surface area contributed by atoms with Crippen LogP contribution in [0.15, 0.2) is 96.2 Å². The van der Waals surface area contributed by atoms with E-state index in [2.05, 4.69) is 25.8 Å². The van der Waals surface area contributed by atoms with Crippen molar-refractivity contribution < 1.29 is 14.3 Å². The second-order valence-corrected chi connectivity index (χ2v) is 10.2. The molecule has 206 valence electrons. The second kappa shape index (κ2) is 13.2. The number of rotatable bonds is 10. The van der Waals surface area contributed by atoms with Gasteiger partial charge in [0.15, 0.2) is 0 Å². The highest BCUT2D eigenvalue weighted by Crippen LogP contribution is 2.38. The largest absolute Gasteiger partial charge is 0.462 e. The number of thioether (sulfide) groups is 1. The lowest BCUT2D eigenvalue weighted by Gasteiger charge is -2.16. The quantitative estimate of drug-likeness (QED) is 0.153. The lowest BCUT2D eigenvalue weighted by molar-refractivity contribution is -0.116. The lowest BCUT2D eigenvalue weighted by Crippen LogP contribution is -2.19. The number of nitrogens with zero attached hydrogens (tertiary/aromatic N) is 5. The zero-order chi connectivity index (χ0) is 28.6. The average Bonchev–Trinajstić information content (AvgIpc) is 3.43. The Hall–Kier alpha value is -4.54. The van der Waals surface area contributed by atoms with Crippen LogP contribution in [0.25, 0.3) is 22.4 Å². The molecule has 3 aromatic carbocycles. The molecular formula is C30H25ClN6O3S. The fourth-order valence-corrected chi connectivity index (χ4v) is 5.17. The number of aromatic nitrogens is 5. The van der Waals surface area contributed by atoms with Crippen molar-refractivity contribution >= 4 is 40.9 Å². The highest BCUT2D eigenvalue weighted by molar-refractivity contribution is 7.98. The van der Waals surface area contributed by atoms with Gasteiger partial charge in [-0.2, -0.15) is 0 Å². The Balaban J connectivity index is 1.41. The molecule has 0 spiro atoms. The van der Waals surface area contributed by atoms with Crippen LogP contribution in [-0.2, 0) is 21.8 Å². The SMILES string of the molecule is CCOC(=O)c1c(SCc2cn(CC(=O)Nc3cccc(Cl)c3)nn2)nnc(-c2ccccc2)c1-c1ccccc1. The van der Waals surface area contributed by atoms with Gasteiger partial charge in [-0.15, -0.1) is 15.3 Å². The van der Waals surface area contributed by atoms with Crippen LogP contribution in [-0.4, -0.2) is 43.7 Å². The van der Waals surface area contributed by atoms with Gasteiger partial charge in [0.1, 0.15) is 22.8 Å². The van der Waals surface area contributed by atoms with Gasteiger partial charge in [-0.05, 0) is 30.7 Å². The van der Waals surface area contributed by atoms with E-state index >= 15 is 0 Å². The molecule has 0 fully saturated rings. The van der Waals surface area contributed by atoms with E-state index in [4.69, 9.17) is 16.3 Å². The number of esters is 1. The molecule has 0 atom stereocenters. The summed E-state index contributed by atoms with van der Waals surface area (Å²) in [5.74, 6) is -0.409. The number of nitrogens with one attached hydrogen (secondary N) is 1. The van der Waals surface area contributed by atoms with Crippen molar-refractivity contribution in [1.29, 1.82) is 0 Å². The minimum atomic E-state index is -0.484. The summed E-state index contributed by atoms with van der Waals surface area (Å²) < 4.78 is 6.92. The Labute approximate surface area is 245 Å². The predicted octanol–water partition coefficient (Wildman–Crippen LogP) is 6.16. The van der Waals surface area contributed by atoms with Crippen LogP contribution in [0.3, 0.4) is 0 Å². The monoisotopic (exact) mass is 584 g/mol. The number of ether oxygens (including phenoxy) is 1. The van der Waals surface area contributed by atoms with Crippen LogP contribution in [0, 0.1) is 0 Å². The third-order valence-electron chi connectivity index (χ3n) is 5.89. The summed E-state index contributed by atoms with van der Waals surface area (Å²) in [6.45, 7) is 1.95. The Morgan fingerprint density at radius 3 is 2.37 bits per heavy atom. The number of carbonyl (C=O) groups excluding carboxylic acids is 2. The fourth-order valence-electron chi connectivity index (χ4n) is 4.14. The number of benzene rings is 3. The Bertz CT molecular complexity index is 1660. The number of hydrogen-bond acceptors (Lipinski definition) is 8. The van der Waals surface area contributed by atoms with E-state index < -0.39 is 5.97 Å². The smallest absolute Gasteiger partial charge is 0.341 e. The van der Waals surface area contributed by atoms with Crippen LogP contribution in [0.4, 0.5) is 5.69 Å². The molecule has 0 aliphatic carbocycles. The summed E-state index contributed by atoms with van der Waals surface area (Å²) in [6, 6.07) is 26.1. The summed E-state index contributed by atoms with van der Waals surface area (Å²) >= 11 is 7.29. The summed E-state index contributed by atoms with van der Waals surface area (Å²) in [5.41, 5.74) is 4.43. The first-order valence-electron chi connectivity index (χ1n) is 12.8. The highest BCUT2D eigenvalue weighted by atomic mass is 35.5. The number of amides is 1. The first-order valence-corrected chi connectivity index (χ1v) is 14.1. The Morgan fingerprint density at radius 1 is 0.927 bits per heavy atom. The average molecular weight is 585 g/mol. The maximum atomic E-state index is 13.4. The minimum absolute atomic E-state index is 0.0258. The maximum absolute atomic E-state index is 13.4. The van der Waals surface area contributed by atoms with E-state index in [1.807, 2.05) is 60.7 Å². The molecule has 41 heavy (non-hydrogen) atoms. The summed E-state index contributed by atoms with van der Waals surface area (Å²) in [7, 11) is 0. The van der Waals surface area contributed by atoms with Crippen LogP contribution >= 0.6 is 23.4 Å². The second-order valence-electron chi connectivity index (χ2n) is 8.81. The minimum Gasteiger partial charge on any atom is -0.462 e. The third kappa shape index (κ3) is 6.97. The molecule has 1 amide bonds. The van der Waals surface area contributed by atoms with Gasteiger partial charge in [-0.1, -0.05) is 95.3 Å². The third-order valence-corrected chi connectivity index (χ3v) is 7.12. The molecule has 0 saturated carbocycles. The van der Waals surface area contributed by atoms with Crippen molar-refractivity contribution in [2.45, 2.75) is 24.2 Å². The number of hydrogen-bond donors (Lipinski definition) is 1. The molecule has 5 aromatic rings. The van der Waals surface area contributed by atoms with E-state index in [1.54, 1.807) is 37.4 Å². The molecule has 0 aliphatic heterocycles. The van der Waals surface area contributed by atoms with Crippen molar-refractivity contribution in [3.8, 4) is 22.4 Å². The first-order chi connectivity index (χ1) is 20.0. The zero-order valence-corrected chi connectivity index (χ0v) is 23.6.